The number of primary amides is 1. The molecule has 1 aliphatic heterocycles. The number of aliphatic imine (C=N–C) groups is 1. The number of carboxylic acids is 1. The SMILES string of the molecule is CCn1nc(C)cc1C(=O)N/C(=N/c1cc(C(N)=O)ccc1C)NCCCCc1cc2c(cc1OC)SC(C(=O)CCC(=O)O)C2. The number of thioether (sulfide) groups is 1. The summed E-state index contributed by atoms with van der Waals surface area (Å²) in [5, 5.41) is 19.1. The highest BCUT2D eigenvalue weighted by Crippen LogP contribution is 2.41. The van der Waals surface area contributed by atoms with E-state index >= 15 is 0 Å². The van der Waals surface area contributed by atoms with Gasteiger partial charge in [0.2, 0.25) is 11.9 Å². The van der Waals surface area contributed by atoms with Crippen LogP contribution in [0.4, 0.5) is 5.69 Å². The van der Waals surface area contributed by atoms with Crippen LogP contribution in [0.1, 0.15) is 75.8 Å². The van der Waals surface area contributed by atoms with E-state index in [1.165, 1.54) is 11.8 Å². The van der Waals surface area contributed by atoms with Crippen LogP contribution >= 0.6 is 11.8 Å². The van der Waals surface area contributed by atoms with E-state index in [4.69, 9.17) is 15.6 Å². The molecule has 244 valence electrons. The number of hydrogen-bond donors (Lipinski definition) is 4. The van der Waals surface area contributed by atoms with Gasteiger partial charge in [-0.05, 0) is 87.4 Å². The number of carboxylic acid groups (broad SMARTS) is 1. The lowest BCUT2D eigenvalue weighted by molar-refractivity contribution is -0.138. The molecule has 0 bridgehead atoms. The summed E-state index contributed by atoms with van der Waals surface area (Å²) in [6.45, 7) is 6.62. The molecule has 3 aromatic rings. The number of ketones is 1. The lowest BCUT2D eigenvalue weighted by Crippen LogP contribution is -2.42. The van der Waals surface area contributed by atoms with Crippen molar-refractivity contribution in [3.05, 3.63) is 70.0 Å². The van der Waals surface area contributed by atoms with Crippen molar-refractivity contribution in [2.24, 2.45) is 10.7 Å². The summed E-state index contributed by atoms with van der Waals surface area (Å²) in [4.78, 5) is 54.1. The molecule has 0 saturated heterocycles. The van der Waals surface area contributed by atoms with Crippen molar-refractivity contribution in [1.82, 2.24) is 20.4 Å². The molecule has 13 heteroatoms. The number of Topliss-reactive ketones (excluding diaryl/α,β-unsaturated/α-hetero) is 1. The van der Waals surface area contributed by atoms with E-state index in [0.717, 1.165) is 52.3 Å². The van der Waals surface area contributed by atoms with Gasteiger partial charge in [-0.25, -0.2) is 4.99 Å². The van der Waals surface area contributed by atoms with E-state index in [9.17, 15) is 19.2 Å². The minimum atomic E-state index is -0.973. The first kappa shape index (κ1) is 34.2. The van der Waals surface area contributed by atoms with Gasteiger partial charge in [0, 0.05) is 30.0 Å². The topological polar surface area (TPSA) is 178 Å². The zero-order valence-corrected chi connectivity index (χ0v) is 27.3. The van der Waals surface area contributed by atoms with E-state index in [1.54, 1.807) is 36.1 Å². The van der Waals surface area contributed by atoms with Crippen LogP contribution in [-0.2, 0) is 29.0 Å². The number of rotatable bonds is 14. The zero-order valence-electron chi connectivity index (χ0n) is 26.5. The quantitative estimate of drug-likeness (QED) is 0.114. The summed E-state index contributed by atoms with van der Waals surface area (Å²) in [5.74, 6) is -0.969. The third kappa shape index (κ3) is 8.75. The van der Waals surface area contributed by atoms with Crippen LogP contribution in [0.2, 0.25) is 0 Å². The smallest absolute Gasteiger partial charge is 0.303 e. The summed E-state index contributed by atoms with van der Waals surface area (Å²) < 4.78 is 7.28. The average molecular weight is 649 g/mol. The third-order valence-electron chi connectivity index (χ3n) is 7.64. The van der Waals surface area contributed by atoms with Gasteiger partial charge in [0.05, 0.1) is 30.2 Å². The molecule has 2 heterocycles. The van der Waals surface area contributed by atoms with Crippen molar-refractivity contribution < 1.29 is 29.0 Å². The van der Waals surface area contributed by atoms with E-state index in [-0.39, 0.29) is 35.7 Å². The van der Waals surface area contributed by atoms with Crippen LogP contribution in [0.15, 0.2) is 46.3 Å². The molecule has 0 aliphatic carbocycles. The molecule has 1 atom stereocenters. The second-order valence-corrected chi connectivity index (χ2v) is 12.3. The number of nitrogens with one attached hydrogen (secondary N) is 2. The van der Waals surface area contributed by atoms with Crippen LogP contribution in [-0.4, -0.2) is 63.3 Å². The van der Waals surface area contributed by atoms with E-state index in [0.29, 0.717) is 36.5 Å². The van der Waals surface area contributed by atoms with Gasteiger partial charge in [-0.15, -0.1) is 11.8 Å². The van der Waals surface area contributed by atoms with E-state index in [2.05, 4.69) is 26.8 Å². The fourth-order valence-electron chi connectivity index (χ4n) is 5.18. The molecule has 2 amide bonds. The van der Waals surface area contributed by atoms with Gasteiger partial charge >= 0.3 is 5.97 Å². The summed E-state index contributed by atoms with van der Waals surface area (Å²) in [7, 11) is 1.62. The van der Waals surface area contributed by atoms with Gasteiger partial charge in [-0.1, -0.05) is 12.1 Å². The number of fused-ring (bicyclic) bond motifs is 1. The Morgan fingerprint density at radius 1 is 1.13 bits per heavy atom. The fraction of sp³-hybridized carbons (Fsp3) is 0.394. The van der Waals surface area contributed by atoms with Gasteiger partial charge in [-0.2, -0.15) is 5.10 Å². The van der Waals surface area contributed by atoms with Crippen LogP contribution in [0.25, 0.3) is 0 Å². The minimum Gasteiger partial charge on any atom is -0.496 e. The number of methoxy groups -OCH3 is 1. The highest BCUT2D eigenvalue weighted by atomic mass is 32.2. The van der Waals surface area contributed by atoms with Crippen molar-refractivity contribution in [2.45, 2.75) is 76.0 Å². The number of carbonyl (C=O) groups is 4. The molecule has 0 spiro atoms. The molecule has 12 nitrogen and oxygen atoms in total. The molecule has 1 unspecified atom stereocenters. The lowest BCUT2D eigenvalue weighted by atomic mass is 10.00. The van der Waals surface area contributed by atoms with E-state index < -0.39 is 11.9 Å². The first-order valence-electron chi connectivity index (χ1n) is 15.2. The van der Waals surface area contributed by atoms with Crippen molar-refractivity contribution >= 4 is 47.0 Å². The van der Waals surface area contributed by atoms with Gasteiger partial charge in [0.1, 0.15) is 17.2 Å². The Labute approximate surface area is 272 Å². The number of aromatic nitrogens is 2. The number of amides is 2. The Hall–Kier alpha value is -4.65. The molecule has 46 heavy (non-hydrogen) atoms. The number of ether oxygens (including phenoxy) is 1. The Morgan fingerprint density at radius 3 is 2.61 bits per heavy atom. The van der Waals surface area contributed by atoms with Crippen LogP contribution in [0, 0.1) is 13.8 Å². The molecule has 0 radical (unpaired) electrons. The first-order valence-corrected chi connectivity index (χ1v) is 16.1. The highest BCUT2D eigenvalue weighted by molar-refractivity contribution is 8.01. The maximum absolute atomic E-state index is 13.2. The van der Waals surface area contributed by atoms with Crippen LogP contribution in [0.5, 0.6) is 5.75 Å². The molecule has 2 aromatic carbocycles. The number of nitrogens with two attached hydrogens (primary N) is 1. The number of carbonyl (C=O) groups excluding carboxylic acids is 3. The van der Waals surface area contributed by atoms with Gasteiger partial charge in [0.25, 0.3) is 5.91 Å². The zero-order chi connectivity index (χ0) is 33.4. The lowest BCUT2D eigenvalue weighted by Gasteiger charge is -2.14. The second-order valence-electron chi connectivity index (χ2n) is 11.1. The molecule has 1 aromatic heterocycles. The van der Waals surface area contributed by atoms with Crippen LogP contribution in [0.3, 0.4) is 0 Å². The molecule has 5 N–H and O–H groups in total. The van der Waals surface area contributed by atoms with Crippen molar-refractivity contribution in [1.29, 1.82) is 0 Å². The Balaban J connectivity index is 1.42. The maximum Gasteiger partial charge on any atom is 0.303 e. The number of hydrogen-bond acceptors (Lipinski definition) is 8. The maximum atomic E-state index is 13.2. The molecule has 0 fully saturated rings. The Bertz CT molecular complexity index is 1670. The highest BCUT2D eigenvalue weighted by Gasteiger charge is 2.29. The van der Waals surface area contributed by atoms with Crippen molar-refractivity contribution in [3.63, 3.8) is 0 Å². The van der Waals surface area contributed by atoms with Gasteiger partial charge in [0.15, 0.2) is 0 Å². The Morgan fingerprint density at radius 2 is 1.91 bits per heavy atom. The fourth-order valence-corrected chi connectivity index (χ4v) is 6.47. The number of guanidine groups is 1. The van der Waals surface area contributed by atoms with Crippen LogP contribution < -0.4 is 21.1 Å². The molecular formula is C33H40N6O6S. The molecule has 0 saturated carbocycles. The molecule has 4 rings (SSSR count). The van der Waals surface area contributed by atoms with Gasteiger partial charge in [-0.3, -0.25) is 29.2 Å². The van der Waals surface area contributed by atoms with Crippen molar-refractivity contribution in [3.8, 4) is 5.75 Å². The predicted octanol–water partition coefficient (Wildman–Crippen LogP) is 4.11. The largest absolute Gasteiger partial charge is 0.496 e. The van der Waals surface area contributed by atoms with Gasteiger partial charge < -0.3 is 20.9 Å². The number of benzene rings is 2. The molecule has 1 aliphatic rings. The summed E-state index contributed by atoms with van der Waals surface area (Å²) in [5.41, 5.74) is 10.3. The molecular weight excluding hydrogens is 608 g/mol. The monoisotopic (exact) mass is 648 g/mol. The number of nitrogens with zero attached hydrogens (tertiary/aromatic N) is 3. The number of unbranched alkanes of at least 4 members (excludes halogenated alkanes) is 1. The normalized spacial score (nSPS) is 14.1. The predicted molar refractivity (Wildman–Crippen MR) is 176 cm³/mol. The summed E-state index contributed by atoms with van der Waals surface area (Å²) in [6, 6.07) is 10.7. The van der Waals surface area contributed by atoms with Crippen molar-refractivity contribution in [2.75, 3.05) is 13.7 Å². The summed E-state index contributed by atoms with van der Waals surface area (Å²) in [6.07, 6.45) is 2.72. The number of aryl methyl sites for hydroxylation is 4. The van der Waals surface area contributed by atoms with E-state index in [1.807, 2.05) is 26.8 Å². The minimum absolute atomic E-state index is 0.0295. The third-order valence-corrected chi connectivity index (χ3v) is 8.99. The Kier molecular flexibility index (Phi) is 11.6. The second kappa shape index (κ2) is 15.6. The number of aliphatic carboxylic acids is 1. The average Bonchev–Trinajstić information content (AvgIpc) is 3.62. The first-order chi connectivity index (χ1) is 22.0. The standard InChI is InChI=1S/C33H40N6O6S/c1-5-39-25(14-20(3)38-39)32(44)37-33(36-24-16-22(31(34)43)10-9-19(24)2)35-13-7-6-8-21-15-23-17-29(26(40)11-12-30(41)42)46-28(23)18-27(21)45-4/h9-10,14-16,18,29H,5-8,11-13,17H2,1-4H3,(H2,34,43)(H,41,42)(H2,35,36,37,44). The summed E-state index contributed by atoms with van der Waals surface area (Å²) >= 11 is 1.47.